The number of aryl methyl sites for hydroxylation is 2. The zero-order chi connectivity index (χ0) is 34.4. The summed E-state index contributed by atoms with van der Waals surface area (Å²) in [7, 11) is -3.62. The molecule has 2 aliphatic rings. The number of ether oxygens (including phenoxy) is 1. The molecule has 2 atom stereocenters. The van der Waals surface area contributed by atoms with Crippen LogP contribution in [0.25, 0.3) is 5.65 Å². The molecule has 4 aromatic heterocycles. The monoisotopic (exact) mass is 684 g/mol. The molecule has 16 heteroatoms. The van der Waals surface area contributed by atoms with Crippen LogP contribution in [-0.4, -0.2) is 69.7 Å². The van der Waals surface area contributed by atoms with Crippen molar-refractivity contribution >= 4 is 28.2 Å². The maximum atomic E-state index is 13.6. The molecule has 0 aliphatic carbocycles. The highest BCUT2D eigenvalue weighted by Gasteiger charge is 2.41. The number of rotatable bonds is 7. The minimum absolute atomic E-state index is 0.000537. The molecule has 0 radical (unpaired) electrons. The van der Waals surface area contributed by atoms with E-state index in [0.717, 1.165) is 29.2 Å². The van der Waals surface area contributed by atoms with E-state index >= 15 is 0 Å². The van der Waals surface area contributed by atoms with Gasteiger partial charge in [-0.1, -0.05) is 6.07 Å². The number of alkyl halides is 3. The summed E-state index contributed by atoms with van der Waals surface area (Å²) in [5.41, 5.74) is 2.88. The van der Waals surface area contributed by atoms with E-state index in [0.29, 0.717) is 41.4 Å². The van der Waals surface area contributed by atoms with Gasteiger partial charge in [0.1, 0.15) is 11.0 Å². The van der Waals surface area contributed by atoms with Crippen LogP contribution in [0.1, 0.15) is 78.0 Å². The molecule has 2 N–H and O–H groups in total. The van der Waals surface area contributed by atoms with Crippen LogP contribution < -0.4 is 4.90 Å². The Balaban J connectivity index is 1.41. The number of hydrogen-bond acceptors (Lipinski definition) is 11. The van der Waals surface area contributed by atoms with Crippen molar-refractivity contribution in [1.82, 2.24) is 28.9 Å². The molecule has 1 fully saturated rings. The van der Waals surface area contributed by atoms with Crippen molar-refractivity contribution in [2.75, 3.05) is 24.6 Å². The van der Waals surface area contributed by atoms with Gasteiger partial charge in [0.2, 0.25) is 5.82 Å². The fourth-order valence-corrected chi connectivity index (χ4v) is 8.22. The molecule has 6 rings (SSSR count). The van der Waals surface area contributed by atoms with Crippen LogP contribution in [0.2, 0.25) is 0 Å². The molecule has 0 saturated carbocycles. The van der Waals surface area contributed by atoms with Crippen LogP contribution in [0.3, 0.4) is 0 Å². The molecule has 48 heavy (non-hydrogen) atoms. The number of piperidine rings is 1. The highest BCUT2D eigenvalue weighted by Crippen LogP contribution is 2.58. The Bertz CT molecular complexity index is 1910. The number of esters is 1. The minimum atomic E-state index is -4.71. The largest absolute Gasteiger partial charge is 0.466 e. The Hall–Kier alpha value is -4.30. The lowest BCUT2D eigenvalue weighted by Gasteiger charge is -2.42. The summed E-state index contributed by atoms with van der Waals surface area (Å²) >= 11 is 0. The third-order valence-corrected chi connectivity index (χ3v) is 10.9. The first-order chi connectivity index (χ1) is 22.8. The Morgan fingerprint density at radius 3 is 2.73 bits per heavy atom. The standard InChI is InChI=1S/C32H35F3N8O4S/c1-4-47-28(44)14-24(23-10-12-43-29(20(23)3)39-40-31(43)32(33,34)35)25-9-8-19(2)26(38-25)18-41-17-22-7-5-6-11-42(22)30-27(48(41,45)46)13-21(15-36)16-37-30/h8-10,12-13,16,22,24,45-46H,4-7,11,14,17-18H2,1-3H3. The van der Waals surface area contributed by atoms with Crippen molar-refractivity contribution in [2.45, 2.75) is 76.0 Å². The lowest BCUT2D eigenvalue weighted by atomic mass is 9.89. The van der Waals surface area contributed by atoms with Gasteiger partial charge in [0, 0.05) is 43.1 Å². The molecule has 0 spiro atoms. The van der Waals surface area contributed by atoms with E-state index in [9.17, 15) is 32.3 Å². The van der Waals surface area contributed by atoms with Crippen molar-refractivity contribution in [1.29, 1.82) is 5.26 Å². The Labute approximate surface area is 276 Å². The highest BCUT2D eigenvalue weighted by molar-refractivity contribution is 8.22. The van der Waals surface area contributed by atoms with Crippen LogP contribution in [0.4, 0.5) is 19.0 Å². The summed E-state index contributed by atoms with van der Waals surface area (Å²) in [6, 6.07) is 8.55. The Kier molecular flexibility index (Phi) is 9.07. The highest BCUT2D eigenvalue weighted by atomic mass is 32.3. The van der Waals surface area contributed by atoms with E-state index in [1.807, 2.05) is 19.1 Å². The van der Waals surface area contributed by atoms with Gasteiger partial charge < -0.3 is 9.64 Å². The summed E-state index contributed by atoms with van der Waals surface area (Å²) in [4.78, 5) is 24.6. The average Bonchev–Trinajstić information content (AvgIpc) is 3.48. The number of anilines is 1. The summed E-state index contributed by atoms with van der Waals surface area (Å²) in [5.74, 6) is -1.93. The summed E-state index contributed by atoms with van der Waals surface area (Å²) < 4.78 is 72.1. The molecule has 12 nitrogen and oxygen atoms in total. The summed E-state index contributed by atoms with van der Waals surface area (Å²) in [5, 5.41) is 16.7. The molecule has 254 valence electrons. The van der Waals surface area contributed by atoms with E-state index in [4.69, 9.17) is 9.72 Å². The molecule has 0 aromatic carbocycles. The maximum absolute atomic E-state index is 13.6. The molecule has 4 aromatic rings. The van der Waals surface area contributed by atoms with Crippen LogP contribution in [0.5, 0.6) is 0 Å². The number of nitriles is 1. The number of nitrogens with zero attached hydrogens (tertiary/aromatic N) is 8. The molecular formula is C32H35F3N8O4S. The smallest absolute Gasteiger partial charge is 0.452 e. The quantitative estimate of drug-likeness (QED) is 0.220. The zero-order valence-electron chi connectivity index (χ0n) is 26.6. The van der Waals surface area contributed by atoms with E-state index in [1.54, 1.807) is 24.2 Å². The number of aromatic nitrogens is 5. The molecule has 0 bridgehead atoms. The SMILES string of the molecule is CCOC(=O)CC(c1ccc(C)c(CN2CC3CCCCN3c3ncc(C#N)cc3S2(O)O)n1)c1ccn2c(C(F)(F)F)nnc2c1C. The van der Waals surface area contributed by atoms with Crippen molar-refractivity contribution in [3.8, 4) is 6.07 Å². The number of carbonyl (C=O) groups is 1. The van der Waals surface area contributed by atoms with E-state index in [2.05, 4.69) is 20.1 Å². The first-order valence-corrected chi connectivity index (χ1v) is 17.1. The van der Waals surface area contributed by atoms with Gasteiger partial charge in [0.15, 0.2) is 11.5 Å². The first kappa shape index (κ1) is 33.6. The number of hydrogen-bond donors (Lipinski definition) is 2. The van der Waals surface area contributed by atoms with Gasteiger partial charge in [-0.2, -0.15) is 22.7 Å². The topological polar surface area (TPSA) is 153 Å². The van der Waals surface area contributed by atoms with Crippen molar-refractivity contribution < 1.29 is 31.8 Å². The molecule has 0 amide bonds. The van der Waals surface area contributed by atoms with E-state index in [-0.39, 0.29) is 41.7 Å². The summed E-state index contributed by atoms with van der Waals surface area (Å²) in [6.07, 6.45) is 0.542. The van der Waals surface area contributed by atoms with Crippen LogP contribution >= 0.6 is 10.8 Å². The van der Waals surface area contributed by atoms with E-state index in [1.165, 1.54) is 24.5 Å². The molecule has 6 heterocycles. The van der Waals surface area contributed by atoms with Gasteiger partial charge in [0.25, 0.3) is 0 Å². The van der Waals surface area contributed by atoms with Crippen molar-refractivity contribution in [3.63, 3.8) is 0 Å². The minimum Gasteiger partial charge on any atom is -0.466 e. The van der Waals surface area contributed by atoms with Crippen LogP contribution in [-0.2, 0) is 22.3 Å². The van der Waals surface area contributed by atoms with Gasteiger partial charge in [0.05, 0.1) is 30.8 Å². The molecule has 1 saturated heterocycles. The predicted octanol–water partition coefficient (Wildman–Crippen LogP) is 6.01. The number of pyridine rings is 3. The third-order valence-electron chi connectivity index (χ3n) is 9.01. The van der Waals surface area contributed by atoms with Crippen molar-refractivity contribution in [3.05, 3.63) is 76.1 Å². The van der Waals surface area contributed by atoms with Gasteiger partial charge in [-0.3, -0.25) is 23.3 Å². The normalized spacial score (nSPS) is 19.1. The second-order valence-electron chi connectivity index (χ2n) is 12.0. The fourth-order valence-electron chi connectivity index (χ4n) is 6.56. The number of halogens is 3. The number of fused-ring (bicyclic) bond motifs is 4. The lowest BCUT2D eigenvalue weighted by Crippen LogP contribution is -2.45. The predicted molar refractivity (Wildman–Crippen MR) is 170 cm³/mol. The van der Waals surface area contributed by atoms with Crippen LogP contribution in [0.15, 0.2) is 41.6 Å². The fraction of sp³-hybridized carbons (Fsp3) is 0.438. The van der Waals surface area contributed by atoms with E-state index < -0.39 is 34.7 Å². The van der Waals surface area contributed by atoms with Crippen molar-refractivity contribution in [2.24, 2.45) is 0 Å². The lowest BCUT2D eigenvalue weighted by molar-refractivity contribution is -0.145. The van der Waals surface area contributed by atoms with Gasteiger partial charge >= 0.3 is 12.1 Å². The first-order valence-electron chi connectivity index (χ1n) is 15.6. The Morgan fingerprint density at radius 1 is 1.21 bits per heavy atom. The zero-order valence-corrected chi connectivity index (χ0v) is 27.4. The summed E-state index contributed by atoms with van der Waals surface area (Å²) in [6.45, 7) is 6.33. The van der Waals surface area contributed by atoms with Crippen LogP contribution in [0, 0.1) is 25.2 Å². The average molecular weight is 685 g/mol. The number of carbonyl (C=O) groups excluding carboxylic acids is 1. The molecule has 2 unspecified atom stereocenters. The molecule has 2 aliphatic heterocycles. The Morgan fingerprint density at radius 2 is 2.00 bits per heavy atom. The second-order valence-corrected chi connectivity index (χ2v) is 14.0. The maximum Gasteiger partial charge on any atom is 0.452 e. The third kappa shape index (κ3) is 6.18. The molecular weight excluding hydrogens is 649 g/mol. The van der Waals surface area contributed by atoms with Gasteiger partial charge in [-0.15, -0.1) is 21.0 Å². The van der Waals surface area contributed by atoms with Gasteiger partial charge in [-0.25, -0.2) is 4.98 Å². The van der Waals surface area contributed by atoms with Gasteiger partial charge in [-0.05, 0) is 74.9 Å². The second kappa shape index (κ2) is 13.0.